The predicted octanol–water partition coefficient (Wildman–Crippen LogP) is -0.0574. The molecule has 0 radical (unpaired) electrons. The number of aliphatic hydroxyl groups excluding tert-OH is 1. The number of hydrogen-bond acceptors (Lipinski definition) is 3. The van der Waals surface area contributed by atoms with E-state index in [0.29, 0.717) is 12.3 Å². The summed E-state index contributed by atoms with van der Waals surface area (Å²) in [6, 6.07) is -0.347. The number of nitrogens with one attached hydrogen (secondary N) is 1. The van der Waals surface area contributed by atoms with Gasteiger partial charge in [0.05, 0.1) is 12.9 Å². The van der Waals surface area contributed by atoms with Gasteiger partial charge in [-0.2, -0.15) is 0 Å². The third-order valence-electron chi connectivity index (χ3n) is 1.36. The van der Waals surface area contributed by atoms with Crippen LogP contribution in [0.15, 0.2) is 0 Å². The number of aliphatic hydroxyl groups is 1. The first-order chi connectivity index (χ1) is 5.35. The van der Waals surface area contributed by atoms with Crippen LogP contribution in [-0.2, 0) is 10.0 Å². The maximum absolute atomic E-state index is 10.8. The average molecular weight is 195 g/mol. The normalized spacial score (nSPS) is 15.1. The van der Waals surface area contributed by atoms with Gasteiger partial charge in [-0.25, -0.2) is 13.1 Å². The van der Waals surface area contributed by atoms with Crippen LogP contribution < -0.4 is 4.72 Å². The molecule has 0 aliphatic carbocycles. The zero-order chi connectivity index (χ0) is 9.78. The van der Waals surface area contributed by atoms with E-state index in [0.717, 1.165) is 6.26 Å². The number of hydrogen-bond donors (Lipinski definition) is 2. The first-order valence-electron chi connectivity index (χ1n) is 3.93. The second kappa shape index (κ2) is 4.79. The van der Waals surface area contributed by atoms with E-state index in [-0.39, 0.29) is 12.6 Å². The lowest BCUT2D eigenvalue weighted by Crippen LogP contribution is -2.37. The summed E-state index contributed by atoms with van der Waals surface area (Å²) in [6.07, 6.45) is 1.75. The highest BCUT2D eigenvalue weighted by Gasteiger charge is 2.13. The molecule has 1 atom stereocenters. The van der Waals surface area contributed by atoms with Crippen molar-refractivity contribution < 1.29 is 13.5 Å². The van der Waals surface area contributed by atoms with Crippen LogP contribution in [0.5, 0.6) is 0 Å². The molecular weight excluding hydrogens is 178 g/mol. The molecule has 74 valence electrons. The van der Waals surface area contributed by atoms with Crippen molar-refractivity contribution in [2.75, 3.05) is 12.9 Å². The van der Waals surface area contributed by atoms with Crippen molar-refractivity contribution in [2.45, 2.75) is 26.3 Å². The van der Waals surface area contributed by atoms with Gasteiger partial charge in [-0.15, -0.1) is 0 Å². The monoisotopic (exact) mass is 195 g/mol. The molecule has 0 rings (SSSR count). The summed E-state index contributed by atoms with van der Waals surface area (Å²) < 4.78 is 23.9. The van der Waals surface area contributed by atoms with E-state index in [4.69, 9.17) is 5.11 Å². The minimum absolute atomic E-state index is 0.148. The smallest absolute Gasteiger partial charge is 0.209 e. The molecule has 5 heteroatoms. The molecule has 4 nitrogen and oxygen atoms in total. The van der Waals surface area contributed by atoms with E-state index in [9.17, 15) is 8.42 Å². The van der Waals surface area contributed by atoms with Crippen molar-refractivity contribution >= 4 is 10.0 Å². The van der Waals surface area contributed by atoms with Crippen LogP contribution in [0.4, 0.5) is 0 Å². The average Bonchev–Trinajstić information content (AvgIpc) is 1.82. The van der Waals surface area contributed by atoms with Crippen LogP contribution in [0.2, 0.25) is 0 Å². The van der Waals surface area contributed by atoms with Gasteiger partial charge in [-0.3, -0.25) is 0 Å². The maximum Gasteiger partial charge on any atom is 0.209 e. The summed E-state index contributed by atoms with van der Waals surface area (Å²) >= 11 is 0. The van der Waals surface area contributed by atoms with Crippen LogP contribution in [0.1, 0.15) is 20.3 Å². The molecular formula is C7H17NO3S. The summed E-state index contributed by atoms with van der Waals surface area (Å²) in [5.74, 6) is 0.372. The summed E-state index contributed by atoms with van der Waals surface area (Å²) in [5, 5.41) is 8.81. The Balaban J connectivity index is 4.01. The van der Waals surface area contributed by atoms with E-state index < -0.39 is 10.0 Å². The fraction of sp³-hybridized carbons (Fsp3) is 1.00. The second-order valence-corrected chi connectivity index (χ2v) is 5.18. The predicted molar refractivity (Wildman–Crippen MR) is 48.3 cm³/mol. The lowest BCUT2D eigenvalue weighted by molar-refractivity contribution is 0.240. The highest BCUT2D eigenvalue weighted by molar-refractivity contribution is 7.88. The Morgan fingerprint density at radius 1 is 1.42 bits per heavy atom. The molecule has 0 fully saturated rings. The minimum atomic E-state index is -3.19. The van der Waals surface area contributed by atoms with Crippen LogP contribution in [0.3, 0.4) is 0 Å². The van der Waals surface area contributed by atoms with E-state index in [1.165, 1.54) is 0 Å². The van der Waals surface area contributed by atoms with Gasteiger partial charge in [-0.05, 0) is 12.3 Å². The van der Waals surface area contributed by atoms with Crippen molar-refractivity contribution in [2.24, 2.45) is 5.92 Å². The highest BCUT2D eigenvalue weighted by atomic mass is 32.2. The molecule has 12 heavy (non-hydrogen) atoms. The topological polar surface area (TPSA) is 66.4 Å². The third-order valence-corrected chi connectivity index (χ3v) is 2.12. The zero-order valence-electron chi connectivity index (χ0n) is 7.74. The zero-order valence-corrected chi connectivity index (χ0v) is 8.56. The molecule has 0 unspecified atom stereocenters. The van der Waals surface area contributed by atoms with Gasteiger partial charge < -0.3 is 5.11 Å². The van der Waals surface area contributed by atoms with Crippen molar-refractivity contribution in [3.8, 4) is 0 Å². The molecule has 0 spiro atoms. The van der Waals surface area contributed by atoms with Crippen molar-refractivity contribution in [3.05, 3.63) is 0 Å². The molecule has 0 aromatic carbocycles. The Hall–Kier alpha value is -0.130. The number of rotatable bonds is 5. The quantitative estimate of drug-likeness (QED) is 0.646. The molecule has 0 heterocycles. The highest BCUT2D eigenvalue weighted by Crippen LogP contribution is 2.04. The molecule has 0 bridgehead atoms. The summed E-state index contributed by atoms with van der Waals surface area (Å²) in [4.78, 5) is 0. The van der Waals surface area contributed by atoms with Crippen LogP contribution in [0.25, 0.3) is 0 Å². The summed E-state index contributed by atoms with van der Waals surface area (Å²) in [7, 11) is -3.19. The summed E-state index contributed by atoms with van der Waals surface area (Å²) in [5.41, 5.74) is 0. The molecule has 0 aromatic rings. The summed E-state index contributed by atoms with van der Waals surface area (Å²) in [6.45, 7) is 3.81. The Morgan fingerprint density at radius 2 is 1.92 bits per heavy atom. The van der Waals surface area contributed by atoms with Gasteiger partial charge in [0.2, 0.25) is 10.0 Å². The lowest BCUT2D eigenvalue weighted by atomic mass is 10.1. The fourth-order valence-electron chi connectivity index (χ4n) is 1.03. The SMILES string of the molecule is CC(C)C[C@@H](CO)NS(C)(=O)=O. The lowest BCUT2D eigenvalue weighted by Gasteiger charge is -2.16. The van der Waals surface area contributed by atoms with Crippen molar-refractivity contribution in [1.29, 1.82) is 0 Å². The molecule has 0 amide bonds. The van der Waals surface area contributed by atoms with Crippen LogP contribution in [-0.4, -0.2) is 32.4 Å². The van der Waals surface area contributed by atoms with Crippen molar-refractivity contribution in [3.63, 3.8) is 0 Å². The van der Waals surface area contributed by atoms with Gasteiger partial charge >= 0.3 is 0 Å². The van der Waals surface area contributed by atoms with Gasteiger partial charge in [0.15, 0.2) is 0 Å². The molecule has 2 N–H and O–H groups in total. The molecule has 0 aromatic heterocycles. The largest absolute Gasteiger partial charge is 0.395 e. The Kier molecular flexibility index (Phi) is 4.74. The maximum atomic E-state index is 10.8. The minimum Gasteiger partial charge on any atom is -0.395 e. The van der Waals surface area contributed by atoms with E-state index in [1.54, 1.807) is 0 Å². The van der Waals surface area contributed by atoms with Crippen LogP contribution >= 0.6 is 0 Å². The van der Waals surface area contributed by atoms with Gasteiger partial charge in [0.1, 0.15) is 0 Å². The number of sulfonamides is 1. The van der Waals surface area contributed by atoms with E-state index in [2.05, 4.69) is 4.72 Å². The van der Waals surface area contributed by atoms with E-state index in [1.807, 2.05) is 13.8 Å². The fourth-order valence-corrected chi connectivity index (χ4v) is 1.81. The van der Waals surface area contributed by atoms with Gasteiger partial charge in [0.25, 0.3) is 0 Å². The van der Waals surface area contributed by atoms with Gasteiger partial charge in [-0.1, -0.05) is 13.8 Å². The molecule has 0 saturated carbocycles. The van der Waals surface area contributed by atoms with Crippen molar-refractivity contribution in [1.82, 2.24) is 4.72 Å². The van der Waals surface area contributed by atoms with Gasteiger partial charge in [0, 0.05) is 6.04 Å². The first kappa shape index (κ1) is 11.9. The Morgan fingerprint density at radius 3 is 2.17 bits per heavy atom. The Bertz CT molecular complexity index is 211. The third kappa shape index (κ3) is 6.57. The molecule has 0 aliphatic heterocycles. The van der Waals surface area contributed by atoms with E-state index >= 15 is 0 Å². The molecule has 0 aliphatic rings. The Labute approximate surface area is 74.0 Å². The first-order valence-corrected chi connectivity index (χ1v) is 5.82. The molecule has 0 saturated heterocycles. The van der Waals surface area contributed by atoms with Crippen LogP contribution in [0, 0.1) is 5.92 Å². The standard InChI is InChI=1S/C7H17NO3S/c1-6(2)4-7(5-9)8-12(3,10)11/h6-9H,4-5H2,1-3H3/t7-/m0/s1. The second-order valence-electron chi connectivity index (χ2n) is 3.40.